The van der Waals surface area contributed by atoms with Gasteiger partial charge in [-0.25, -0.2) is 0 Å². The number of para-hydroxylation sites is 3. The van der Waals surface area contributed by atoms with Crippen LogP contribution in [0.2, 0.25) is 0 Å². The second kappa shape index (κ2) is 9.72. The van der Waals surface area contributed by atoms with E-state index < -0.39 is 0 Å². The maximum Gasteiger partial charge on any atom is 0.237 e. The van der Waals surface area contributed by atoms with Crippen LogP contribution < -0.4 is 15.0 Å². The molecule has 3 aromatic rings. The summed E-state index contributed by atoms with van der Waals surface area (Å²) in [5.74, 6) is 1.16. The highest BCUT2D eigenvalue weighted by Crippen LogP contribution is 2.38. The predicted molar refractivity (Wildman–Crippen MR) is 126 cm³/mol. The van der Waals surface area contributed by atoms with E-state index in [0.29, 0.717) is 16.1 Å². The van der Waals surface area contributed by atoms with Gasteiger partial charge in [-0.15, -0.1) is 22.0 Å². The zero-order chi connectivity index (χ0) is 20.9. The standard InChI is InChI=1S/C21H22N4O2S3/c1-14-11-12-25(16-8-4-6-10-18(16)29-14)19(26)13-28-21-24-23-20(30-21)22-15-7-3-5-9-17(15)27-2/h3-10,14H,11-13H2,1-2H3,(H,22,23). The third-order valence-electron chi connectivity index (χ3n) is 4.62. The monoisotopic (exact) mass is 458 g/mol. The fourth-order valence-electron chi connectivity index (χ4n) is 3.13. The molecule has 2 heterocycles. The lowest BCUT2D eigenvalue weighted by atomic mass is 10.2. The first kappa shape index (κ1) is 21.0. The molecule has 4 rings (SSSR count). The number of anilines is 3. The van der Waals surface area contributed by atoms with Crippen molar-refractivity contribution in [1.82, 2.24) is 10.2 Å². The van der Waals surface area contributed by atoms with Crippen molar-refractivity contribution in [1.29, 1.82) is 0 Å². The normalized spacial score (nSPS) is 15.9. The molecule has 1 unspecified atom stereocenters. The molecule has 0 spiro atoms. The lowest BCUT2D eigenvalue weighted by Gasteiger charge is -2.22. The van der Waals surface area contributed by atoms with Gasteiger partial charge in [0, 0.05) is 16.7 Å². The van der Waals surface area contributed by atoms with Crippen molar-refractivity contribution in [2.45, 2.75) is 27.8 Å². The average molecular weight is 459 g/mol. The summed E-state index contributed by atoms with van der Waals surface area (Å²) in [5, 5.41) is 12.8. The van der Waals surface area contributed by atoms with Gasteiger partial charge in [0.15, 0.2) is 4.34 Å². The first-order valence-corrected chi connectivity index (χ1v) is 12.2. The average Bonchev–Trinajstić information content (AvgIpc) is 3.13. The van der Waals surface area contributed by atoms with E-state index in [1.54, 1.807) is 7.11 Å². The number of methoxy groups -OCH3 is 1. The molecule has 0 fully saturated rings. The summed E-state index contributed by atoms with van der Waals surface area (Å²) < 4.78 is 6.11. The van der Waals surface area contributed by atoms with Gasteiger partial charge in [0.05, 0.1) is 24.2 Å². The summed E-state index contributed by atoms with van der Waals surface area (Å²) >= 11 is 4.68. The largest absolute Gasteiger partial charge is 0.495 e. The molecule has 0 saturated carbocycles. The Bertz CT molecular complexity index is 1030. The molecule has 0 saturated heterocycles. The van der Waals surface area contributed by atoms with E-state index in [1.165, 1.54) is 28.0 Å². The van der Waals surface area contributed by atoms with E-state index in [9.17, 15) is 4.79 Å². The van der Waals surface area contributed by atoms with Gasteiger partial charge in [0.2, 0.25) is 11.0 Å². The lowest BCUT2D eigenvalue weighted by Crippen LogP contribution is -2.33. The van der Waals surface area contributed by atoms with Crippen LogP contribution in [0.15, 0.2) is 57.8 Å². The van der Waals surface area contributed by atoms with E-state index in [2.05, 4.69) is 28.5 Å². The van der Waals surface area contributed by atoms with Gasteiger partial charge < -0.3 is 15.0 Å². The Balaban J connectivity index is 1.40. The number of rotatable bonds is 6. The second-order valence-corrected chi connectivity index (χ2v) is 10.4. The number of nitrogens with zero attached hydrogens (tertiary/aromatic N) is 3. The summed E-state index contributed by atoms with van der Waals surface area (Å²) in [6.07, 6.45) is 0.974. The van der Waals surface area contributed by atoms with Crippen molar-refractivity contribution in [3.63, 3.8) is 0 Å². The third-order valence-corrected chi connectivity index (χ3v) is 7.81. The third kappa shape index (κ3) is 4.91. The van der Waals surface area contributed by atoms with Crippen LogP contribution in [-0.2, 0) is 4.79 Å². The van der Waals surface area contributed by atoms with Crippen LogP contribution in [0.1, 0.15) is 13.3 Å². The van der Waals surface area contributed by atoms with Gasteiger partial charge in [-0.05, 0) is 30.7 Å². The maximum atomic E-state index is 13.0. The van der Waals surface area contributed by atoms with Crippen molar-refractivity contribution in [3.05, 3.63) is 48.5 Å². The summed E-state index contributed by atoms with van der Waals surface area (Å²) in [7, 11) is 1.63. The molecule has 9 heteroatoms. The van der Waals surface area contributed by atoms with Crippen LogP contribution in [0.25, 0.3) is 0 Å². The molecule has 2 aromatic carbocycles. The van der Waals surface area contributed by atoms with Gasteiger partial charge in [-0.1, -0.05) is 54.3 Å². The summed E-state index contributed by atoms with van der Waals surface area (Å²) in [4.78, 5) is 16.1. The number of carbonyl (C=O) groups is 1. The van der Waals surface area contributed by atoms with E-state index in [4.69, 9.17) is 4.74 Å². The Hall–Kier alpha value is -2.23. The van der Waals surface area contributed by atoms with Crippen molar-refractivity contribution < 1.29 is 9.53 Å². The Kier molecular flexibility index (Phi) is 6.81. The van der Waals surface area contributed by atoms with E-state index in [1.807, 2.05) is 59.1 Å². The zero-order valence-corrected chi connectivity index (χ0v) is 19.1. The number of hydrogen-bond donors (Lipinski definition) is 1. The Morgan fingerprint density at radius 1 is 1.23 bits per heavy atom. The molecule has 1 N–H and O–H groups in total. The molecule has 0 bridgehead atoms. The number of carbonyl (C=O) groups excluding carboxylic acids is 1. The number of thioether (sulfide) groups is 2. The second-order valence-electron chi connectivity index (χ2n) is 6.72. The molecule has 0 radical (unpaired) electrons. The highest BCUT2D eigenvalue weighted by Gasteiger charge is 2.24. The molecular weight excluding hydrogens is 436 g/mol. The Labute approximate surface area is 188 Å². The first-order valence-electron chi connectivity index (χ1n) is 9.56. The smallest absolute Gasteiger partial charge is 0.237 e. The van der Waals surface area contributed by atoms with E-state index >= 15 is 0 Å². The van der Waals surface area contributed by atoms with Gasteiger partial charge in [0.1, 0.15) is 5.75 Å². The minimum atomic E-state index is 0.0941. The van der Waals surface area contributed by atoms with Gasteiger partial charge >= 0.3 is 0 Å². The molecule has 6 nitrogen and oxygen atoms in total. The molecule has 1 aromatic heterocycles. The summed E-state index contributed by atoms with van der Waals surface area (Å²) in [6.45, 7) is 2.95. The molecule has 30 heavy (non-hydrogen) atoms. The first-order chi connectivity index (χ1) is 14.6. The number of aromatic nitrogens is 2. The van der Waals surface area contributed by atoms with Crippen LogP contribution in [0.4, 0.5) is 16.5 Å². The van der Waals surface area contributed by atoms with Crippen LogP contribution in [0.5, 0.6) is 5.75 Å². The highest BCUT2D eigenvalue weighted by atomic mass is 32.2. The highest BCUT2D eigenvalue weighted by molar-refractivity contribution is 8.01. The zero-order valence-electron chi connectivity index (χ0n) is 16.7. The number of nitrogens with one attached hydrogen (secondary N) is 1. The molecule has 0 aliphatic carbocycles. The molecule has 156 valence electrons. The quantitative estimate of drug-likeness (QED) is 0.503. The van der Waals surface area contributed by atoms with E-state index in [-0.39, 0.29) is 5.91 Å². The molecule has 1 atom stereocenters. The number of fused-ring (bicyclic) bond motifs is 1. The van der Waals surface area contributed by atoms with Gasteiger partial charge in [0.25, 0.3) is 0 Å². The fourth-order valence-corrected chi connectivity index (χ4v) is 5.88. The van der Waals surface area contributed by atoms with Crippen molar-refractivity contribution in [2.24, 2.45) is 0 Å². The summed E-state index contributed by atoms with van der Waals surface area (Å²) in [5.41, 5.74) is 1.84. The van der Waals surface area contributed by atoms with Crippen LogP contribution in [0.3, 0.4) is 0 Å². The van der Waals surface area contributed by atoms with Gasteiger partial charge in [-0.3, -0.25) is 4.79 Å². The van der Waals surface area contributed by atoms with Crippen LogP contribution in [0, 0.1) is 0 Å². The SMILES string of the molecule is COc1ccccc1Nc1nnc(SCC(=O)N2CCC(C)Sc3ccccc32)s1. The predicted octanol–water partition coefficient (Wildman–Crippen LogP) is 5.30. The summed E-state index contributed by atoms with van der Waals surface area (Å²) in [6, 6.07) is 15.8. The van der Waals surface area contributed by atoms with Crippen LogP contribution in [-0.4, -0.2) is 40.8 Å². The maximum absolute atomic E-state index is 13.0. The Morgan fingerprint density at radius 2 is 2.03 bits per heavy atom. The van der Waals surface area contributed by atoms with Crippen molar-refractivity contribution >= 4 is 57.3 Å². The number of ether oxygens (including phenoxy) is 1. The topological polar surface area (TPSA) is 67.3 Å². The van der Waals surface area contributed by atoms with Crippen molar-refractivity contribution in [2.75, 3.05) is 29.6 Å². The minimum absolute atomic E-state index is 0.0941. The van der Waals surface area contributed by atoms with Gasteiger partial charge in [-0.2, -0.15) is 0 Å². The number of hydrogen-bond acceptors (Lipinski definition) is 8. The fraction of sp³-hybridized carbons (Fsp3) is 0.286. The number of amides is 1. The molecular formula is C21H22N4O2S3. The van der Waals surface area contributed by atoms with Crippen molar-refractivity contribution in [3.8, 4) is 5.75 Å². The Morgan fingerprint density at radius 3 is 2.90 bits per heavy atom. The van der Waals surface area contributed by atoms with E-state index in [0.717, 1.165) is 34.4 Å². The lowest BCUT2D eigenvalue weighted by molar-refractivity contribution is -0.116. The number of benzene rings is 2. The molecule has 1 aliphatic heterocycles. The molecule has 1 amide bonds. The minimum Gasteiger partial charge on any atom is -0.495 e. The molecule has 1 aliphatic rings. The van der Waals surface area contributed by atoms with Crippen LogP contribution >= 0.6 is 34.9 Å².